The summed E-state index contributed by atoms with van der Waals surface area (Å²) in [5.74, 6) is 1.34. The average molecular weight is 575 g/mol. The Hall–Kier alpha value is -1.50. The molecule has 2 fully saturated rings. The number of benzene rings is 1. The highest BCUT2D eigenvalue weighted by molar-refractivity contribution is 14.0. The van der Waals surface area contributed by atoms with Gasteiger partial charge in [0.2, 0.25) is 0 Å². The highest BCUT2D eigenvalue weighted by Crippen LogP contribution is 2.16. The number of nitrogens with one attached hydrogen (secondary N) is 2. The molecule has 0 bridgehead atoms. The summed E-state index contributed by atoms with van der Waals surface area (Å²) in [6.07, 6.45) is 2.40. The van der Waals surface area contributed by atoms with Crippen LogP contribution in [0, 0.1) is 16.0 Å². The Morgan fingerprint density at radius 3 is 2.64 bits per heavy atom. The molecule has 2 N–H and O–H groups in total. The molecular weight excluding hydrogens is 537 g/mol. The van der Waals surface area contributed by atoms with Crippen molar-refractivity contribution in [3.05, 3.63) is 39.9 Å². The van der Waals surface area contributed by atoms with Crippen LogP contribution >= 0.6 is 24.0 Å². The van der Waals surface area contributed by atoms with E-state index in [-0.39, 0.29) is 47.9 Å². The predicted octanol–water partition coefficient (Wildman–Crippen LogP) is 3.17. The second kappa shape index (κ2) is 14.0. The minimum Gasteiger partial charge on any atom is -0.376 e. The second-order valence-corrected chi connectivity index (χ2v) is 9.10. The number of ether oxygens (including phenoxy) is 2. The molecule has 2 heterocycles. The Labute approximate surface area is 213 Å². The van der Waals surface area contributed by atoms with E-state index in [1.165, 1.54) is 12.1 Å². The third-order valence-corrected chi connectivity index (χ3v) is 5.80. The molecule has 186 valence electrons. The fourth-order valence-corrected chi connectivity index (χ4v) is 4.15. The zero-order chi connectivity index (χ0) is 22.9. The molecule has 2 aliphatic rings. The summed E-state index contributed by atoms with van der Waals surface area (Å²) < 4.78 is 11.8. The van der Waals surface area contributed by atoms with Crippen molar-refractivity contribution < 1.29 is 14.4 Å². The molecule has 3 atom stereocenters. The number of nitro groups is 1. The van der Waals surface area contributed by atoms with Crippen molar-refractivity contribution in [1.82, 2.24) is 15.5 Å². The molecule has 9 nitrogen and oxygen atoms in total. The van der Waals surface area contributed by atoms with Crippen LogP contribution < -0.4 is 10.6 Å². The van der Waals surface area contributed by atoms with Gasteiger partial charge in [-0.05, 0) is 31.2 Å². The number of hydrogen-bond donors (Lipinski definition) is 2. The summed E-state index contributed by atoms with van der Waals surface area (Å²) in [5, 5.41) is 17.8. The molecule has 0 amide bonds. The first-order valence-electron chi connectivity index (χ1n) is 11.6. The summed E-state index contributed by atoms with van der Waals surface area (Å²) in [6, 6.07) is 6.65. The Morgan fingerprint density at radius 2 is 2.00 bits per heavy atom. The smallest absolute Gasteiger partial charge is 0.269 e. The number of halogens is 1. The van der Waals surface area contributed by atoms with Crippen molar-refractivity contribution in [2.24, 2.45) is 10.9 Å². The molecule has 1 aromatic rings. The standard InChI is InChI=1S/C23H37N5O4.HI/c1-17(2)15-27-10-12-31-21(16-27)14-25-23(26-18(3)22-5-4-11-32-22)24-13-19-6-8-20(9-7-19)28(29)30;/h6-9,17-18,21-22H,4-5,10-16H2,1-3H3,(H2,24,25,26);1H. The van der Waals surface area contributed by atoms with Crippen molar-refractivity contribution in [2.45, 2.75) is 58.4 Å². The van der Waals surface area contributed by atoms with Crippen LogP contribution in [0.25, 0.3) is 0 Å². The molecule has 0 spiro atoms. The van der Waals surface area contributed by atoms with E-state index in [9.17, 15) is 10.1 Å². The van der Waals surface area contributed by atoms with Crippen molar-refractivity contribution >= 4 is 35.6 Å². The van der Waals surface area contributed by atoms with E-state index in [1.54, 1.807) is 12.1 Å². The van der Waals surface area contributed by atoms with Gasteiger partial charge in [0.05, 0.1) is 36.3 Å². The van der Waals surface area contributed by atoms with Crippen LogP contribution in [0.3, 0.4) is 0 Å². The molecule has 3 rings (SSSR count). The van der Waals surface area contributed by atoms with Gasteiger partial charge in [-0.1, -0.05) is 26.0 Å². The maximum atomic E-state index is 10.9. The average Bonchev–Trinajstić information content (AvgIpc) is 3.31. The Morgan fingerprint density at radius 1 is 1.24 bits per heavy atom. The lowest BCUT2D eigenvalue weighted by Gasteiger charge is -2.34. The van der Waals surface area contributed by atoms with Gasteiger partial charge in [-0.25, -0.2) is 4.99 Å². The number of rotatable bonds is 9. The highest BCUT2D eigenvalue weighted by Gasteiger charge is 2.24. The largest absolute Gasteiger partial charge is 0.376 e. The van der Waals surface area contributed by atoms with E-state index in [2.05, 4.69) is 36.3 Å². The summed E-state index contributed by atoms with van der Waals surface area (Å²) >= 11 is 0. The third kappa shape index (κ3) is 9.34. The number of hydrogen-bond acceptors (Lipinski definition) is 6. The summed E-state index contributed by atoms with van der Waals surface area (Å²) in [4.78, 5) is 17.7. The van der Waals surface area contributed by atoms with E-state index < -0.39 is 4.92 Å². The topological polar surface area (TPSA) is 101 Å². The van der Waals surface area contributed by atoms with Gasteiger partial charge in [0, 0.05) is 44.9 Å². The van der Waals surface area contributed by atoms with Crippen molar-refractivity contribution in [3.63, 3.8) is 0 Å². The molecule has 0 radical (unpaired) electrons. The van der Waals surface area contributed by atoms with Crippen LogP contribution in [0.1, 0.15) is 39.2 Å². The molecule has 2 aliphatic heterocycles. The minimum absolute atomic E-state index is 0. The lowest BCUT2D eigenvalue weighted by molar-refractivity contribution is -0.384. The number of non-ortho nitro benzene ring substituents is 1. The van der Waals surface area contributed by atoms with Gasteiger partial charge < -0.3 is 20.1 Å². The highest BCUT2D eigenvalue weighted by atomic mass is 127. The summed E-state index contributed by atoms with van der Waals surface area (Å²) in [6.45, 7) is 12.2. The van der Waals surface area contributed by atoms with Gasteiger partial charge in [-0.3, -0.25) is 15.0 Å². The van der Waals surface area contributed by atoms with Gasteiger partial charge in [-0.15, -0.1) is 24.0 Å². The first-order valence-corrected chi connectivity index (χ1v) is 11.6. The lowest BCUT2D eigenvalue weighted by Crippen LogP contribution is -2.52. The molecule has 0 saturated carbocycles. The first-order chi connectivity index (χ1) is 15.4. The first kappa shape index (κ1) is 27.7. The third-order valence-electron chi connectivity index (χ3n) is 5.80. The molecule has 33 heavy (non-hydrogen) atoms. The predicted molar refractivity (Wildman–Crippen MR) is 140 cm³/mol. The maximum absolute atomic E-state index is 10.9. The van der Waals surface area contributed by atoms with Gasteiger partial charge in [-0.2, -0.15) is 0 Å². The van der Waals surface area contributed by atoms with Gasteiger partial charge in [0.15, 0.2) is 5.96 Å². The Bertz CT molecular complexity index is 756. The van der Waals surface area contributed by atoms with Gasteiger partial charge >= 0.3 is 0 Å². The molecule has 3 unspecified atom stereocenters. The molecule has 0 aromatic heterocycles. The number of nitro benzene ring substituents is 1. The number of morpholine rings is 1. The molecule has 10 heteroatoms. The summed E-state index contributed by atoms with van der Waals surface area (Å²) in [5.41, 5.74) is 1.00. The van der Waals surface area contributed by atoms with Gasteiger partial charge in [0.1, 0.15) is 0 Å². The number of guanidine groups is 1. The van der Waals surface area contributed by atoms with Crippen molar-refractivity contribution in [2.75, 3.05) is 39.4 Å². The normalized spacial score (nSPS) is 22.6. The lowest BCUT2D eigenvalue weighted by atomic mass is 10.1. The molecule has 1 aromatic carbocycles. The molecule has 0 aliphatic carbocycles. The molecular formula is C23H38IN5O4. The van der Waals surface area contributed by atoms with Crippen LogP contribution in [0.4, 0.5) is 5.69 Å². The van der Waals surface area contributed by atoms with Crippen LogP contribution in [-0.2, 0) is 16.0 Å². The van der Waals surface area contributed by atoms with Crippen LogP contribution in [0.5, 0.6) is 0 Å². The minimum atomic E-state index is -0.391. The van der Waals surface area contributed by atoms with Crippen LogP contribution in [0.15, 0.2) is 29.3 Å². The Balaban J connectivity index is 0.00000385. The van der Waals surface area contributed by atoms with E-state index in [0.717, 1.165) is 51.3 Å². The zero-order valence-corrected chi connectivity index (χ0v) is 22.2. The zero-order valence-electron chi connectivity index (χ0n) is 19.9. The van der Waals surface area contributed by atoms with Crippen molar-refractivity contribution in [1.29, 1.82) is 0 Å². The summed E-state index contributed by atoms with van der Waals surface area (Å²) in [7, 11) is 0. The van der Waals surface area contributed by atoms with E-state index in [0.29, 0.717) is 25.0 Å². The maximum Gasteiger partial charge on any atom is 0.269 e. The monoisotopic (exact) mass is 575 g/mol. The fraction of sp³-hybridized carbons (Fsp3) is 0.696. The number of aliphatic imine (C=N–C) groups is 1. The van der Waals surface area contributed by atoms with Crippen LogP contribution in [0.2, 0.25) is 0 Å². The van der Waals surface area contributed by atoms with Crippen molar-refractivity contribution in [3.8, 4) is 0 Å². The fourth-order valence-electron chi connectivity index (χ4n) is 4.15. The quantitative estimate of drug-likeness (QED) is 0.153. The number of nitrogens with zero attached hydrogens (tertiary/aromatic N) is 3. The second-order valence-electron chi connectivity index (χ2n) is 9.10. The van der Waals surface area contributed by atoms with Crippen LogP contribution in [-0.4, -0.2) is 73.4 Å². The van der Waals surface area contributed by atoms with Gasteiger partial charge in [0.25, 0.3) is 5.69 Å². The van der Waals surface area contributed by atoms with E-state index >= 15 is 0 Å². The molecule has 2 saturated heterocycles. The van der Waals surface area contributed by atoms with E-state index in [1.807, 2.05) is 0 Å². The SMILES string of the molecule is CC(C)CN1CCOC(CNC(=NCc2ccc([N+](=O)[O-])cc2)NC(C)C2CCCO2)C1.I. The Kier molecular flexibility index (Phi) is 11.8. The van der Waals surface area contributed by atoms with E-state index in [4.69, 9.17) is 14.5 Å².